The second kappa shape index (κ2) is 7.34. The topological polar surface area (TPSA) is 43.0 Å². The van der Waals surface area contributed by atoms with Gasteiger partial charge in [0.05, 0.1) is 25.0 Å². The molecule has 0 aliphatic heterocycles. The van der Waals surface area contributed by atoms with Crippen LogP contribution >= 0.6 is 0 Å². The Morgan fingerprint density at radius 3 is 2.73 bits per heavy atom. The van der Waals surface area contributed by atoms with E-state index in [4.69, 9.17) is 9.52 Å². The van der Waals surface area contributed by atoms with Crippen LogP contribution in [0.25, 0.3) is 0 Å². The Labute approximate surface area is 154 Å². The molecule has 0 fully saturated rings. The molecule has 1 aliphatic carbocycles. The van der Waals surface area contributed by atoms with Gasteiger partial charge in [-0.1, -0.05) is 42.5 Å². The molecular formula is C22H25N3O. The summed E-state index contributed by atoms with van der Waals surface area (Å²) in [4.78, 5) is 0. The highest BCUT2D eigenvalue weighted by Gasteiger charge is 2.25. The smallest absolute Gasteiger partial charge is 0.117 e. The predicted molar refractivity (Wildman–Crippen MR) is 103 cm³/mol. The van der Waals surface area contributed by atoms with Gasteiger partial charge in [0.2, 0.25) is 0 Å². The fourth-order valence-electron chi connectivity index (χ4n) is 3.87. The quantitative estimate of drug-likeness (QED) is 0.675. The summed E-state index contributed by atoms with van der Waals surface area (Å²) < 4.78 is 7.54. The van der Waals surface area contributed by atoms with E-state index in [2.05, 4.69) is 66.3 Å². The van der Waals surface area contributed by atoms with Crippen molar-refractivity contribution in [3.8, 4) is 0 Å². The highest BCUT2D eigenvalue weighted by molar-refractivity contribution is 5.35. The molecule has 0 saturated carbocycles. The van der Waals surface area contributed by atoms with Crippen molar-refractivity contribution < 1.29 is 4.42 Å². The average molecular weight is 347 g/mol. The van der Waals surface area contributed by atoms with Crippen molar-refractivity contribution in [3.05, 3.63) is 89.2 Å². The molecule has 0 saturated heterocycles. The maximum atomic E-state index is 5.40. The van der Waals surface area contributed by atoms with Gasteiger partial charge in [0.15, 0.2) is 0 Å². The summed E-state index contributed by atoms with van der Waals surface area (Å²) in [6.07, 6.45) is 7.39. The van der Waals surface area contributed by atoms with Crippen molar-refractivity contribution in [3.63, 3.8) is 0 Å². The maximum Gasteiger partial charge on any atom is 0.117 e. The van der Waals surface area contributed by atoms with Crippen LogP contribution < -0.4 is 5.32 Å². The van der Waals surface area contributed by atoms with Crippen LogP contribution in [0, 0.1) is 13.8 Å². The minimum Gasteiger partial charge on any atom is -0.468 e. The molecule has 0 spiro atoms. The molecule has 0 amide bonds. The first kappa shape index (κ1) is 16.9. The van der Waals surface area contributed by atoms with Gasteiger partial charge < -0.3 is 9.73 Å². The van der Waals surface area contributed by atoms with Crippen LogP contribution in [0.15, 0.2) is 65.3 Å². The molecule has 3 aromatic rings. The lowest BCUT2D eigenvalue weighted by atomic mass is 9.96. The number of aryl methyl sites for hydroxylation is 1. The summed E-state index contributed by atoms with van der Waals surface area (Å²) >= 11 is 0. The second-order valence-corrected chi connectivity index (χ2v) is 7.02. The summed E-state index contributed by atoms with van der Waals surface area (Å²) in [5.74, 6) is 1.40. The van der Waals surface area contributed by atoms with E-state index in [9.17, 15) is 0 Å². The second-order valence-electron chi connectivity index (χ2n) is 7.02. The van der Waals surface area contributed by atoms with E-state index >= 15 is 0 Å². The zero-order valence-electron chi connectivity index (χ0n) is 15.4. The summed E-state index contributed by atoms with van der Waals surface area (Å²) in [6.45, 7) is 5.90. The van der Waals surface area contributed by atoms with Crippen molar-refractivity contribution in [1.82, 2.24) is 15.1 Å². The molecule has 4 heteroatoms. The van der Waals surface area contributed by atoms with Crippen LogP contribution in [-0.2, 0) is 13.1 Å². The molecule has 1 aliphatic rings. The molecule has 2 unspecified atom stereocenters. The molecule has 0 radical (unpaired) electrons. The highest BCUT2D eigenvalue weighted by Crippen LogP contribution is 2.33. The Kier molecular flexibility index (Phi) is 4.76. The minimum atomic E-state index is 0.376. The van der Waals surface area contributed by atoms with Crippen molar-refractivity contribution in [2.24, 2.45) is 0 Å². The van der Waals surface area contributed by atoms with Gasteiger partial charge in [-0.3, -0.25) is 4.68 Å². The van der Waals surface area contributed by atoms with Gasteiger partial charge in [-0.2, -0.15) is 5.10 Å². The first-order valence-corrected chi connectivity index (χ1v) is 9.22. The van der Waals surface area contributed by atoms with Gasteiger partial charge in [0, 0.05) is 23.2 Å². The average Bonchev–Trinajstić information content (AvgIpc) is 3.36. The van der Waals surface area contributed by atoms with E-state index in [1.54, 1.807) is 6.26 Å². The Morgan fingerprint density at radius 1 is 1.12 bits per heavy atom. The van der Waals surface area contributed by atoms with Gasteiger partial charge in [0.1, 0.15) is 5.76 Å². The van der Waals surface area contributed by atoms with Gasteiger partial charge in [-0.05, 0) is 38.0 Å². The third-order valence-electron chi connectivity index (χ3n) is 5.19. The number of nitrogens with one attached hydrogen (secondary N) is 1. The number of hydrogen-bond acceptors (Lipinski definition) is 3. The molecular weight excluding hydrogens is 322 g/mol. The largest absolute Gasteiger partial charge is 0.468 e. The van der Waals surface area contributed by atoms with Crippen LogP contribution in [0.2, 0.25) is 0 Å². The highest BCUT2D eigenvalue weighted by atomic mass is 16.3. The van der Waals surface area contributed by atoms with E-state index in [1.165, 1.54) is 16.8 Å². The van der Waals surface area contributed by atoms with Crippen LogP contribution in [0.5, 0.6) is 0 Å². The van der Waals surface area contributed by atoms with Crippen LogP contribution in [-0.4, -0.2) is 15.8 Å². The van der Waals surface area contributed by atoms with Gasteiger partial charge in [-0.25, -0.2) is 0 Å². The predicted octanol–water partition coefficient (Wildman–Crippen LogP) is 4.34. The molecule has 2 atom stereocenters. The number of rotatable bonds is 6. The lowest BCUT2D eigenvalue weighted by Gasteiger charge is -2.14. The molecule has 1 N–H and O–H groups in total. The van der Waals surface area contributed by atoms with Gasteiger partial charge in [-0.15, -0.1) is 0 Å². The van der Waals surface area contributed by atoms with E-state index in [1.807, 2.05) is 12.1 Å². The normalized spacial score (nSPS) is 19.3. The number of nitrogens with zero attached hydrogens (tertiary/aromatic N) is 2. The molecule has 134 valence electrons. The Balaban J connectivity index is 1.44. The fourth-order valence-corrected chi connectivity index (χ4v) is 3.87. The molecule has 4 nitrogen and oxygen atoms in total. The molecule has 1 aromatic carbocycles. The fraction of sp³-hybridized carbons (Fsp3) is 0.318. The van der Waals surface area contributed by atoms with Crippen LogP contribution in [0.1, 0.15) is 40.6 Å². The maximum absolute atomic E-state index is 5.40. The van der Waals surface area contributed by atoms with Crippen molar-refractivity contribution in [2.45, 2.75) is 45.3 Å². The van der Waals surface area contributed by atoms with E-state index in [-0.39, 0.29) is 0 Å². The first-order valence-electron chi connectivity index (χ1n) is 9.22. The minimum absolute atomic E-state index is 0.376. The summed E-state index contributed by atoms with van der Waals surface area (Å²) in [6, 6.07) is 14.8. The van der Waals surface area contributed by atoms with Gasteiger partial charge >= 0.3 is 0 Å². The zero-order chi connectivity index (χ0) is 17.9. The third kappa shape index (κ3) is 3.51. The Hall–Kier alpha value is -2.59. The molecule has 26 heavy (non-hydrogen) atoms. The van der Waals surface area contributed by atoms with Crippen molar-refractivity contribution in [2.75, 3.05) is 0 Å². The monoisotopic (exact) mass is 347 g/mol. The number of aromatic nitrogens is 2. The number of hydrogen-bond donors (Lipinski definition) is 1. The lowest BCUT2D eigenvalue weighted by Crippen LogP contribution is -2.25. The summed E-state index contributed by atoms with van der Waals surface area (Å²) in [5.41, 5.74) is 5.07. The third-order valence-corrected chi connectivity index (χ3v) is 5.19. The first-order chi connectivity index (χ1) is 12.7. The molecule has 0 bridgehead atoms. The SMILES string of the molecule is Cc1nn(Cc2ccccc2)c(C)c1C1C=CC(NCc2ccco2)C1. The summed E-state index contributed by atoms with van der Waals surface area (Å²) in [5, 5.41) is 8.37. The van der Waals surface area contributed by atoms with Crippen molar-refractivity contribution in [1.29, 1.82) is 0 Å². The van der Waals surface area contributed by atoms with Crippen LogP contribution in [0.4, 0.5) is 0 Å². The lowest BCUT2D eigenvalue weighted by molar-refractivity contribution is 0.461. The number of allylic oxidation sites excluding steroid dienone is 1. The Bertz CT molecular complexity index is 878. The zero-order valence-corrected chi connectivity index (χ0v) is 15.4. The molecule has 2 aromatic heterocycles. The van der Waals surface area contributed by atoms with E-state index in [0.717, 1.165) is 31.0 Å². The number of benzene rings is 1. The number of furan rings is 1. The molecule has 2 heterocycles. The van der Waals surface area contributed by atoms with Crippen LogP contribution in [0.3, 0.4) is 0 Å². The van der Waals surface area contributed by atoms with E-state index < -0.39 is 0 Å². The van der Waals surface area contributed by atoms with Crippen molar-refractivity contribution >= 4 is 0 Å². The summed E-state index contributed by atoms with van der Waals surface area (Å²) in [7, 11) is 0. The Morgan fingerprint density at radius 2 is 1.96 bits per heavy atom. The van der Waals surface area contributed by atoms with E-state index in [0.29, 0.717) is 12.0 Å². The van der Waals surface area contributed by atoms with Gasteiger partial charge in [0.25, 0.3) is 0 Å². The standard InChI is InChI=1S/C22H25N3O/c1-16-22(17(2)25(24-16)15-18-7-4-3-5-8-18)19-10-11-20(13-19)23-14-21-9-6-12-26-21/h3-12,19-20,23H,13-15H2,1-2H3. The molecule has 4 rings (SSSR count).